The molecule has 2 aromatic heterocycles. The van der Waals surface area contributed by atoms with Gasteiger partial charge < -0.3 is 4.57 Å². The van der Waals surface area contributed by atoms with Gasteiger partial charge in [0.25, 0.3) is 0 Å². The number of pyridine rings is 1. The summed E-state index contributed by atoms with van der Waals surface area (Å²) in [6.45, 7) is 9.90. The van der Waals surface area contributed by atoms with E-state index in [1.807, 2.05) is 0 Å². The van der Waals surface area contributed by atoms with Gasteiger partial charge in [0, 0.05) is 28.5 Å². The van der Waals surface area contributed by atoms with Crippen LogP contribution in [0.5, 0.6) is 0 Å². The van der Waals surface area contributed by atoms with E-state index in [-0.39, 0.29) is 0 Å². The summed E-state index contributed by atoms with van der Waals surface area (Å²) in [5.74, 6) is 0.442. The van der Waals surface area contributed by atoms with E-state index in [0.717, 1.165) is 12.2 Å². The first kappa shape index (κ1) is 14.1. The van der Waals surface area contributed by atoms with Gasteiger partial charge in [-0.15, -0.1) is 0 Å². The van der Waals surface area contributed by atoms with E-state index in [9.17, 15) is 0 Å². The molecule has 0 N–H and O–H groups in total. The number of nitrogens with zero attached hydrogens (tertiary/aromatic N) is 2. The number of aromatic nitrogens is 2. The van der Waals surface area contributed by atoms with Crippen LogP contribution < -0.4 is 0 Å². The van der Waals surface area contributed by atoms with E-state index in [0.29, 0.717) is 5.92 Å². The van der Waals surface area contributed by atoms with Gasteiger partial charge in [-0.1, -0.05) is 45.4 Å². The topological polar surface area (TPSA) is 17.8 Å². The Bertz CT molecular complexity index is 781. The molecule has 2 heteroatoms. The van der Waals surface area contributed by atoms with Gasteiger partial charge in [0.05, 0.1) is 11.2 Å². The smallest absolute Gasteiger partial charge is 0.0713 e. The maximum absolute atomic E-state index is 4.84. The first-order valence-corrected chi connectivity index (χ1v) is 8.02. The molecule has 0 spiro atoms. The van der Waals surface area contributed by atoms with Gasteiger partial charge >= 0.3 is 0 Å². The van der Waals surface area contributed by atoms with Gasteiger partial charge in [0.15, 0.2) is 0 Å². The summed E-state index contributed by atoms with van der Waals surface area (Å²) in [5.41, 5.74) is 5.03. The van der Waals surface area contributed by atoms with E-state index < -0.39 is 0 Å². The Morgan fingerprint density at radius 3 is 2.62 bits per heavy atom. The Labute approximate surface area is 126 Å². The molecule has 3 rings (SSSR count). The lowest BCUT2D eigenvalue weighted by Crippen LogP contribution is -2.03. The molecule has 2 nitrogen and oxygen atoms in total. The van der Waals surface area contributed by atoms with Crippen LogP contribution in [-0.4, -0.2) is 9.55 Å². The molecule has 0 amide bonds. The monoisotopic (exact) mass is 280 g/mol. The minimum Gasteiger partial charge on any atom is -0.339 e. The van der Waals surface area contributed by atoms with Crippen LogP contribution in [0.1, 0.15) is 50.9 Å². The molecule has 0 aliphatic heterocycles. The number of rotatable bonds is 4. The summed E-state index contributed by atoms with van der Waals surface area (Å²) in [7, 11) is 0. The summed E-state index contributed by atoms with van der Waals surface area (Å²) in [6, 6.07) is 11.0. The molecule has 0 bridgehead atoms. The standard InChI is InChI=1S/C19H24N2/c1-5-6-11-21-17-10-8-7-9-15(17)16-12-14(4)20-18(13(2)3)19(16)21/h7-10,12-13H,5-6,11H2,1-4H3. The summed E-state index contributed by atoms with van der Waals surface area (Å²) < 4.78 is 2.48. The molecule has 0 atom stereocenters. The predicted octanol–water partition coefficient (Wildman–Crippen LogP) is 5.42. The summed E-state index contributed by atoms with van der Waals surface area (Å²) in [5, 5.41) is 2.72. The predicted molar refractivity (Wildman–Crippen MR) is 91.0 cm³/mol. The number of benzene rings is 1. The van der Waals surface area contributed by atoms with Crippen molar-refractivity contribution in [2.45, 2.75) is 53.0 Å². The third-order valence-corrected chi connectivity index (χ3v) is 4.18. The highest BCUT2D eigenvalue weighted by Gasteiger charge is 2.17. The number of aryl methyl sites for hydroxylation is 2. The normalized spacial score (nSPS) is 11.9. The Morgan fingerprint density at radius 2 is 1.90 bits per heavy atom. The second-order valence-corrected chi connectivity index (χ2v) is 6.22. The number of unbranched alkanes of at least 4 members (excludes halogenated alkanes) is 1. The SMILES string of the molecule is CCCCn1c2ccccc2c2cc(C)nc(C(C)C)c21. The number of fused-ring (bicyclic) bond motifs is 3. The highest BCUT2D eigenvalue weighted by molar-refractivity contribution is 6.09. The molecule has 1 aromatic carbocycles. The van der Waals surface area contributed by atoms with Gasteiger partial charge in [-0.05, 0) is 31.4 Å². The van der Waals surface area contributed by atoms with Gasteiger partial charge in [-0.2, -0.15) is 0 Å². The van der Waals surface area contributed by atoms with E-state index in [4.69, 9.17) is 4.98 Å². The van der Waals surface area contributed by atoms with Crippen LogP contribution in [0, 0.1) is 6.92 Å². The van der Waals surface area contributed by atoms with Crippen LogP contribution in [-0.2, 0) is 6.54 Å². The van der Waals surface area contributed by atoms with Crippen LogP contribution in [0.2, 0.25) is 0 Å². The Hall–Kier alpha value is -1.83. The maximum Gasteiger partial charge on any atom is 0.0713 e. The van der Waals surface area contributed by atoms with Crippen molar-refractivity contribution >= 4 is 21.8 Å². The van der Waals surface area contributed by atoms with Crippen LogP contribution >= 0.6 is 0 Å². The number of hydrogen-bond donors (Lipinski definition) is 0. The lowest BCUT2D eigenvalue weighted by atomic mass is 10.1. The van der Waals surface area contributed by atoms with E-state index in [1.165, 1.54) is 40.3 Å². The average Bonchev–Trinajstić information content (AvgIpc) is 2.78. The Morgan fingerprint density at radius 1 is 1.14 bits per heavy atom. The third kappa shape index (κ3) is 2.33. The van der Waals surface area contributed by atoms with Crippen molar-refractivity contribution in [2.75, 3.05) is 0 Å². The summed E-state index contributed by atoms with van der Waals surface area (Å²) in [6.07, 6.45) is 2.42. The fourth-order valence-electron chi connectivity index (χ4n) is 3.19. The van der Waals surface area contributed by atoms with Crippen molar-refractivity contribution in [1.29, 1.82) is 0 Å². The van der Waals surface area contributed by atoms with Crippen LogP contribution in [0.3, 0.4) is 0 Å². The summed E-state index contributed by atoms with van der Waals surface area (Å²) in [4.78, 5) is 4.84. The van der Waals surface area contributed by atoms with Crippen LogP contribution in [0.4, 0.5) is 0 Å². The van der Waals surface area contributed by atoms with Crippen molar-refractivity contribution in [3.8, 4) is 0 Å². The van der Waals surface area contributed by atoms with E-state index in [2.05, 4.69) is 62.6 Å². The minimum atomic E-state index is 0.442. The van der Waals surface area contributed by atoms with Crippen molar-refractivity contribution in [1.82, 2.24) is 9.55 Å². The Kier molecular flexibility index (Phi) is 3.71. The quantitative estimate of drug-likeness (QED) is 0.624. The molecule has 3 aromatic rings. The largest absolute Gasteiger partial charge is 0.339 e. The summed E-state index contributed by atoms with van der Waals surface area (Å²) >= 11 is 0. The Balaban J connectivity index is 2.43. The molecule has 0 fully saturated rings. The fraction of sp³-hybridized carbons (Fsp3) is 0.421. The molecule has 0 aliphatic carbocycles. The van der Waals surface area contributed by atoms with Crippen molar-refractivity contribution < 1.29 is 0 Å². The number of para-hydroxylation sites is 1. The van der Waals surface area contributed by atoms with E-state index >= 15 is 0 Å². The zero-order valence-electron chi connectivity index (χ0n) is 13.5. The molecular formula is C19H24N2. The first-order chi connectivity index (χ1) is 10.1. The second-order valence-electron chi connectivity index (χ2n) is 6.22. The molecule has 110 valence electrons. The number of hydrogen-bond acceptors (Lipinski definition) is 1. The van der Waals surface area contributed by atoms with Crippen LogP contribution in [0.25, 0.3) is 21.8 Å². The van der Waals surface area contributed by atoms with Crippen molar-refractivity contribution in [3.05, 3.63) is 41.7 Å². The zero-order valence-corrected chi connectivity index (χ0v) is 13.5. The molecule has 0 unspecified atom stereocenters. The van der Waals surface area contributed by atoms with Crippen molar-refractivity contribution in [2.24, 2.45) is 0 Å². The molecule has 0 aliphatic rings. The minimum absolute atomic E-state index is 0.442. The highest BCUT2D eigenvalue weighted by atomic mass is 15.0. The average molecular weight is 280 g/mol. The molecular weight excluding hydrogens is 256 g/mol. The van der Waals surface area contributed by atoms with Crippen LogP contribution in [0.15, 0.2) is 30.3 Å². The fourth-order valence-corrected chi connectivity index (χ4v) is 3.19. The van der Waals surface area contributed by atoms with Gasteiger partial charge in [-0.3, -0.25) is 4.98 Å². The molecule has 0 radical (unpaired) electrons. The van der Waals surface area contributed by atoms with Gasteiger partial charge in [0.2, 0.25) is 0 Å². The zero-order chi connectivity index (χ0) is 15.0. The molecule has 0 saturated carbocycles. The molecule has 2 heterocycles. The highest BCUT2D eigenvalue weighted by Crippen LogP contribution is 2.33. The lowest BCUT2D eigenvalue weighted by molar-refractivity contribution is 0.659. The molecule has 21 heavy (non-hydrogen) atoms. The molecule has 0 saturated heterocycles. The van der Waals surface area contributed by atoms with Gasteiger partial charge in [0.1, 0.15) is 0 Å². The van der Waals surface area contributed by atoms with Gasteiger partial charge in [-0.25, -0.2) is 0 Å². The lowest BCUT2D eigenvalue weighted by Gasteiger charge is -2.13. The first-order valence-electron chi connectivity index (χ1n) is 8.02. The second kappa shape index (κ2) is 5.51. The van der Waals surface area contributed by atoms with E-state index in [1.54, 1.807) is 0 Å². The maximum atomic E-state index is 4.84. The van der Waals surface area contributed by atoms with Crippen molar-refractivity contribution in [3.63, 3.8) is 0 Å². The third-order valence-electron chi connectivity index (χ3n) is 4.18.